The Labute approximate surface area is 96.4 Å². The second kappa shape index (κ2) is 9.90. The summed E-state index contributed by atoms with van der Waals surface area (Å²) in [5.74, 6) is -0.119. The normalized spacial score (nSPS) is 8.62. The fourth-order valence-electron chi connectivity index (χ4n) is 1.12. The Kier molecular flexibility index (Phi) is 8.88. The van der Waals surface area contributed by atoms with Gasteiger partial charge in [0.1, 0.15) is 6.29 Å². The monoisotopic (exact) mass is 222 g/mol. The Morgan fingerprint density at radius 2 is 1.88 bits per heavy atom. The third kappa shape index (κ3) is 7.74. The number of aldehydes is 1. The molecule has 16 heavy (non-hydrogen) atoms. The Morgan fingerprint density at radius 1 is 1.31 bits per heavy atom. The summed E-state index contributed by atoms with van der Waals surface area (Å²) < 4.78 is 4.82. The number of esters is 1. The first kappa shape index (κ1) is 14.4. The summed E-state index contributed by atoms with van der Waals surface area (Å²) >= 11 is 0. The number of rotatable bonds is 4. The number of benzene rings is 1. The summed E-state index contributed by atoms with van der Waals surface area (Å²) in [6.45, 7) is 3.73. The van der Waals surface area contributed by atoms with Crippen LogP contribution >= 0.6 is 0 Å². The summed E-state index contributed by atoms with van der Waals surface area (Å²) in [5.41, 5.74) is 1.18. The van der Waals surface area contributed by atoms with Gasteiger partial charge < -0.3 is 9.53 Å². The molecule has 0 atom stereocenters. The summed E-state index contributed by atoms with van der Waals surface area (Å²) in [6.07, 6.45) is 1.98. The molecule has 0 fully saturated rings. The van der Waals surface area contributed by atoms with Crippen molar-refractivity contribution in [2.45, 2.75) is 26.7 Å². The van der Waals surface area contributed by atoms with E-state index < -0.39 is 0 Å². The minimum Gasteiger partial charge on any atom is -0.466 e. The highest BCUT2D eigenvalue weighted by atomic mass is 16.5. The summed E-state index contributed by atoms with van der Waals surface area (Å²) in [4.78, 5) is 19.8. The van der Waals surface area contributed by atoms with Crippen molar-refractivity contribution < 1.29 is 14.3 Å². The minimum atomic E-state index is -0.119. The maximum Gasteiger partial charge on any atom is 0.306 e. The molecule has 3 heteroatoms. The molecule has 0 amide bonds. The van der Waals surface area contributed by atoms with Gasteiger partial charge in [-0.3, -0.25) is 4.79 Å². The van der Waals surface area contributed by atoms with Crippen molar-refractivity contribution in [2.75, 3.05) is 6.61 Å². The molecule has 1 rings (SSSR count). The summed E-state index contributed by atoms with van der Waals surface area (Å²) in [6, 6.07) is 9.94. The summed E-state index contributed by atoms with van der Waals surface area (Å²) in [5, 5.41) is 0. The van der Waals surface area contributed by atoms with Crippen molar-refractivity contribution >= 4 is 12.3 Å². The van der Waals surface area contributed by atoms with Crippen LogP contribution in [-0.4, -0.2) is 18.9 Å². The molecule has 0 aliphatic carbocycles. The van der Waals surface area contributed by atoms with Gasteiger partial charge in [0.2, 0.25) is 0 Å². The zero-order valence-electron chi connectivity index (χ0n) is 9.81. The van der Waals surface area contributed by atoms with Gasteiger partial charge >= 0.3 is 5.97 Å². The van der Waals surface area contributed by atoms with Crippen LogP contribution in [0.3, 0.4) is 0 Å². The molecule has 0 saturated heterocycles. The van der Waals surface area contributed by atoms with Gasteiger partial charge in [0.15, 0.2) is 0 Å². The topological polar surface area (TPSA) is 43.4 Å². The third-order valence-corrected chi connectivity index (χ3v) is 1.77. The molecule has 0 aromatic heterocycles. The van der Waals surface area contributed by atoms with Crippen LogP contribution in [0.1, 0.15) is 25.8 Å². The number of ether oxygens (including phenoxy) is 1. The third-order valence-electron chi connectivity index (χ3n) is 1.77. The lowest BCUT2D eigenvalue weighted by atomic mass is 10.1. The van der Waals surface area contributed by atoms with Crippen molar-refractivity contribution in [1.29, 1.82) is 0 Å². The SMILES string of the molecule is CC=O.CCOC(=O)CCc1ccccc1. The van der Waals surface area contributed by atoms with E-state index in [9.17, 15) is 4.79 Å². The second-order valence-corrected chi connectivity index (χ2v) is 3.03. The lowest BCUT2D eigenvalue weighted by Crippen LogP contribution is -2.04. The molecular formula is C13H18O3. The van der Waals surface area contributed by atoms with Gasteiger partial charge in [0.05, 0.1) is 6.61 Å². The smallest absolute Gasteiger partial charge is 0.306 e. The van der Waals surface area contributed by atoms with Gasteiger partial charge in [-0.05, 0) is 25.8 Å². The van der Waals surface area contributed by atoms with Crippen LogP contribution in [-0.2, 0) is 20.7 Å². The highest BCUT2D eigenvalue weighted by molar-refractivity contribution is 5.69. The largest absolute Gasteiger partial charge is 0.466 e. The van der Waals surface area contributed by atoms with Crippen LogP contribution in [0.4, 0.5) is 0 Å². The Balaban J connectivity index is 0.000000673. The van der Waals surface area contributed by atoms with E-state index >= 15 is 0 Å². The van der Waals surface area contributed by atoms with Gasteiger partial charge in [-0.15, -0.1) is 0 Å². The first-order valence-electron chi connectivity index (χ1n) is 5.33. The van der Waals surface area contributed by atoms with E-state index in [1.807, 2.05) is 37.3 Å². The molecule has 88 valence electrons. The average molecular weight is 222 g/mol. The van der Waals surface area contributed by atoms with Crippen LogP contribution in [0.15, 0.2) is 30.3 Å². The Morgan fingerprint density at radius 3 is 2.38 bits per heavy atom. The van der Waals surface area contributed by atoms with E-state index in [0.717, 1.165) is 12.7 Å². The number of carbonyl (C=O) groups is 2. The predicted octanol–water partition coefficient (Wildman–Crippen LogP) is 2.39. The van der Waals surface area contributed by atoms with Gasteiger partial charge in [-0.1, -0.05) is 30.3 Å². The summed E-state index contributed by atoms with van der Waals surface area (Å²) in [7, 11) is 0. The Hall–Kier alpha value is -1.64. The zero-order valence-corrected chi connectivity index (χ0v) is 9.81. The molecule has 0 heterocycles. The molecule has 1 aromatic carbocycles. The van der Waals surface area contributed by atoms with Crippen LogP contribution in [0.5, 0.6) is 0 Å². The van der Waals surface area contributed by atoms with Crippen molar-refractivity contribution in [2.24, 2.45) is 0 Å². The number of hydrogen-bond donors (Lipinski definition) is 0. The van der Waals surface area contributed by atoms with Gasteiger partial charge in [0, 0.05) is 6.42 Å². The van der Waals surface area contributed by atoms with Gasteiger partial charge in [-0.2, -0.15) is 0 Å². The minimum absolute atomic E-state index is 0.119. The zero-order chi connectivity index (χ0) is 12.2. The van der Waals surface area contributed by atoms with Gasteiger partial charge in [-0.25, -0.2) is 0 Å². The van der Waals surface area contributed by atoms with E-state index in [-0.39, 0.29) is 5.97 Å². The van der Waals surface area contributed by atoms with E-state index in [2.05, 4.69) is 0 Å². The molecule has 0 saturated carbocycles. The fraction of sp³-hybridized carbons (Fsp3) is 0.385. The molecular weight excluding hydrogens is 204 g/mol. The lowest BCUT2D eigenvalue weighted by molar-refractivity contribution is -0.143. The van der Waals surface area contributed by atoms with Crippen molar-refractivity contribution in [3.63, 3.8) is 0 Å². The Bertz CT molecular complexity index is 293. The van der Waals surface area contributed by atoms with Crippen LogP contribution in [0.2, 0.25) is 0 Å². The van der Waals surface area contributed by atoms with E-state index in [0.29, 0.717) is 13.0 Å². The molecule has 0 bridgehead atoms. The van der Waals surface area contributed by atoms with E-state index in [1.165, 1.54) is 12.5 Å². The fourth-order valence-corrected chi connectivity index (χ4v) is 1.12. The lowest BCUT2D eigenvalue weighted by Gasteiger charge is -2.01. The number of hydrogen-bond acceptors (Lipinski definition) is 3. The van der Waals surface area contributed by atoms with E-state index in [1.54, 1.807) is 0 Å². The molecule has 0 aliphatic rings. The highest BCUT2D eigenvalue weighted by Gasteiger charge is 2.01. The van der Waals surface area contributed by atoms with Gasteiger partial charge in [0.25, 0.3) is 0 Å². The highest BCUT2D eigenvalue weighted by Crippen LogP contribution is 2.02. The average Bonchev–Trinajstić information content (AvgIpc) is 2.29. The molecule has 1 aromatic rings. The van der Waals surface area contributed by atoms with Crippen molar-refractivity contribution in [3.05, 3.63) is 35.9 Å². The second-order valence-electron chi connectivity index (χ2n) is 3.03. The van der Waals surface area contributed by atoms with Crippen LogP contribution in [0, 0.1) is 0 Å². The van der Waals surface area contributed by atoms with Crippen molar-refractivity contribution in [1.82, 2.24) is 0 Å². The first-order chi connectivity index (χ1) is 7.74. The molecule has 0 spiro atoms. The quantitative estimate of drug-likeness (QED) is 0.580. The van der Waals surface area contributed by atoms with Crippen LogP contribution in [0.25, 0.3) is 0 Å². The van der Waals surface area contributed by atoms with Crippen LogP contribution < -0.4 is 0 Å². The standard InChI is InChI=1S/C11H14O2.C2H4O/c1-2-13-11(12)9-8-10-6-4-3-5-7-10;1-2-3/h3-7H,2,8-9H2,1H3;2H,1H3. The molecule has 0 unspecified atom stereocenters. The molecule has 0 aliphatic heterocycles. The predicted molar refractivity (Wildman–Crippen MR) is 63.1 cm³/mol. The molecule has 0 radical (unpaired) electrons. The number of carbonyl (C=O) groups excluding carboxylic acids is 2. The molecule has 3 nitrogen and oxygen atoms in total. The maximum atomic E-state index is 11.0. The number of aryl methyl sites for hydroxylation is 1. The molecule has 0 N–H and O–H groups in total. The first-order valence-corrected chi connectivity index (χ1v) is 5.33. The maximum absolute atomic E-state index is 11.0. The van der Waals surface area contributed by atoms with E-state index in [4.69, 9.17) is 9.53 Å². The van der Waals surface area contributed by atoms with Crippen molar-refractivity contribution in [3.8, 4) is 0 Å².